The van der Waals surface area contributed by atoms with E-state index in [1.165, 1.54) is 17.1 Å². The Balaban J connectivity index is 1.77. The molecule has 2 aromatic heterocycles. The molecule has 22 heavy (non-hydrogen) atoms. The third kappa shape index (κ3) is 4.17. The monoisotopic (exact) mass is 369 g/mol. The largest absolute Gasteiger partial charge is 0.478 e. The maximum atomic E-state index is 12.0. The Morgan fingerprint density at radius 3 is 2.73 bits per heavy atom. The summed E-state index contributed by atoms with van der Waals surface area (Å²) in [6.45, 7) is 2.87. The lowest BCUT2D eigenvalue weighted by atomic mass is 10.3. The van der Waals surface area contributed by atoms with Crippen molar-refractivity contribution in [3.8, 4) is 0 Å². The Kier molecular flexibility index (Phi) is 5.31. The first-order valence-electron chi connectivity index (χ1n) is 6.70. The minimum absolute atomic E-state index is 0.0592. The van der Waals surface area contributed by atoms with Crippen LogP contribution in [0.25, 0.3) is 0 Å². The third-order valence-corrected chi connectivity index (χ3v) is 3.50. The summed E-state index contributed by atoms with van der Waals surface area (Å²) in [4.78, 5) is 22.8. The number of carboxylic acids is 1. The lowest BCUT2D eigenvalue weighted by Crippen LogP contribution is -2.32. The molecule has 0 aliphatic rings. The molecular weight excluding hydrogens is 354 g/mol. The first-order chi connectivity index (χ1) is 10.5. The highest BCUT2D eigenvalue weighted by atomic mass is 79.9. The van der Waals surface area contributed by atoms with Gasteiger partial charge in [0.25, 0.3) is 0 Å². The number of aromatic carboxylic acids is 1. The average molecular weight is 370 g/mol. The Bertz CT molecular complexity index is 666. The molecule has 0 aliphatic heterocycles. The van der Waals surface area contributed by atoms with E-state index in [4.69, 9.17) is 5.11 Å². The zero-order valence-corrected chi connectivity index (χ0v) is 13.5. The zero-order chi connectivity index (χ0) is 16.1. The van der Waals surface area contributed by atoms with E-state index in [0.717, 1.165) is 10.9 Å². The Morgan fingerprint density at radius 2 is 2.14 bits per heavy atom. The molecule has 1 unspecified atom stereocenters. The van der Waals surface area contributed by atoms with Crippen molar-refractivity contribution < 1.29 is 14.7 Å². The molecule has 9 heteroatoms. The highest BCUT2D eigenvalue weighted by Crippen LogP contribution is 2.08. The molecule has 1 atom stereocenters. The summed E-state index contributed by atoms with van der Waals surface area (Å²) in [7, 11) is 0. The second-order valence-corrected chi connectivity index (χ2v) is 5.67. The van der Waals surface area contributed by atoms with Crippen LogP contribution in [0.15, 0.2) is 29.3 Å². The molecule has 2 rings (SSSR count). The number of carbonyl (C=O) groups excluding carboxylic acids is 1. The van der Waals surface area contributed by atoms with E-state index in [-0.39, 0.29) is 11.5 Å². The molecule has 0 saturated carbocycles. The maximum Gasteiger partial charge on any atom is 0.338 e. The van der Waals surface area contributed by atoms with Gasteiger partial charge in [-0.05, 0) is 29.3 Å². The lowest BCUT2D eigenvalue weighted by Gasteiger charge is -2.12. The molecule has 2 aromatic rings. The van der Waals surface area contributed by atoms with E-state index in [9.17, 15) is 9.59 Å². The molecule has 2 heterocycles. The summed E-state index contributed by atoms with van der Waals surface area (Å²) in [6, 6.07) is -0.563. The van der Waals surface area contributed by atoms with E-state index < -0.39 is 12.0 Å². The van der Waals surface area contributed by atoms with E-state index >= 15 is 0 Å². The molecule has 0 fully saturated rings. The number of halogens is 1. The fourth-order valence-corrected chi connectivity index (χ4v) is 2.17. The summed E-state index contributed by atoms with van der Waals surface area (Å²) >= 11 is 3.32. The van der Waals surface area contributed by atoms with E-state index in [0.29, 0.717) is 13.1 Å². The predicted molar refractivity (Wildman–Crippen MR) is 81.5 cm³/mol. The molecule has 0 aromatic carbocycles. The van der Waals surface area contributed by atoms with Crippen molar-refractivity contribution in [3.63, 3.8) is 0 Å². The molecule has 118 valence electrons. The van der Waals surface area contributed by atoms with Gasteiger partial charge in [-0.1, -0.05) is 0 Å². The second-order valence-electron chi connectivity index (χ2n) is 4.76. The van der Waals surface area contributed by atoms with E-state index in [1.807, 2.05) is 6.20 Å². The zero-order valence-electron chi connectivity index (χ0n) is 11.9. The molecule has 0 aliphatic carbocycles. The van der Waals surface area contributed by atoms with Gasteiger partial charge in [-0.25, -0.2) is 4.79 Å². The van der Waals surface area contributed by atoms with Crippen molar-refractivity contribution in [1.29, 1.82) is 0 Å². The summed E-state index contributed by atoms with van der Waals surface area (Å²) in [5, 5.41) is 19.6. The molecule has 0 bridgehead atoms. The smallest absolute Gasteiger partial charge is 0.338 e. The first kappa shape index (κ1) is 16.2. The van der Waals surface area contributed by atoms with Crippen molar-refractivity contribution in [3.05, 3.63) is 34.8 Å². The number of aromatic nitrogens is 4. The number of aryl methyl sites for hydroxylation is 1. The van der Waals surface area contributed by atoms with Gasteiger partial charge in [0.2, 0.25) is 5.91 Å². The molecule has 0 radical (unpaired) electrons. The lowest BCUT2D eigenvalue weighted by molar-refractivity contribution is -0.124. The van der Waals surface area contributed by atoms with Gasteiger partial charge in [-0.2, -0.15) is 10.2 Å². The fraction of sp³-hybridized carbons (Fsp3) is 0.385. The van der Waals surface area contributed by atoms with Gasteiger partial charge in [0.05, 0.1) is 22.4 Å². The summed E-state index contributed by atoms with van der Waals surface area (Å²) in [6.07, 6.45) is 6.88. The van der Waals surface area contributed by atoms with Gasteiger partial charge in [-0.3, -0.25) is 14.2 Å². The number of hydrogen-bond acceptors (Lipinski definition) is 4. The van der Waals surface area contributed by atoms with Gasteiger partial charge >= 0.3 is 5.97 Å². The molecule has 2 N–H and O–H groups in total. The number of carbonyl (C=O) groups is 2. The maximum absolute atomic E-state index is 12.0. The summed E-state index contributed by atoms with van der Waals surface area (Å²) < 4.78 is 4.04. The minimum Gasteiger partial charge on any atom is -0.478 e. The van der Waals surface area contributed by atoms with Crippen LogP contribution in [-0.2, 0) is 11.3 Å². The van der Waals surface area contributed by atoms with Gasteiger partial charge in [-0.15, -0.1) is 0 Å². The Labute approximate surface area is 135 Å². The fourth-order valence-electron chi connectivity index (χ4n) is 1.84. The van der Waals surface area contributed by atoms with Crippen LogP contribution in [0.5, 0.6) is 0 Å². The van der Waals surface area contributed by atoms with Crippen molar-refractivity contribution >= 4 is 27.8 Å². The van der Waals surface area contributed by atoms with Crippen molar-refractivity contribution in [2.24, 2.45) is 0 Å². The second kappa shape index (κ2) is 7.21. The van der Waals surface area contributed by atoms with Crippen LogP contribution in [-0.4, -0.2) is 43.1 Å². The molecular formula is C13H16BrN5O3. The van der Waals surface area contributed by atoms with Crippen molar-refractivity contribution in [2.75, 3.05) is 6.54 Å². The number of rotatable bonds is 7. The molecule has 1 amide bonds. The summed E-state index contributed by atoms with van der Waals surface area (Å²) in [5.74, 6) is -1.27. The van der Waals surface area contributed by atoms with Crippen molar-refractivity contribution in [2.45, 2.75) is 25.9 Å². The Hall–Kier alpha value is -2.16. The molecule has 0 spiro atoms. The summed E-state index contributed by atoms with van der Waals surface area (Å²) in [5.41, 5.74) is 0.0592. The minimum atomic E-state index is -1.07. The Morgan fingerprint density at radius 1 is 1.36 bits per heavy atom. The normalized spacial score (nSPS) is 12.1. The van der Waals surface area contributed by atoms with Gasteiger partial charge in [0.15, 0.2) is 0 Å². The van der Waals surface area contributed by atoms with E-state index in [2.05, 4.69) is 31.4 Å². The standard InChI is InChI=1S/C13H16BrN5O3/c1-9(19-7-10(5-17-19)13(21)22)12(20)15-3-2-4-18-8-11(14)6-16-18/h5-9H,2-4H2,1H3,(H,15,20)(H,21,22). The molecule has 8 nitrogen and oxygen atoms in total. The number of nitrogens with one attached hydrogen (secondary N) is 1. The van der Waals surface area contributed by atoms with Crippen LogP contribution < -0.4 is 5.32 Å². The number of nitrogens with zero attached hydrogens (tertiary/aromatic N) is 4. The van der Waals surface area contributed by atoms with Crippen LogP contribution in [0.3, 0.4) is 0 Å². The first-order valence-corrected chi connectivity index (χ1v) is 7.50. The number of hydrogen-bond donors (Lipinski definition) is 2. The van der Waals surface area contributed by atoms with E-state index in [1.54, 1.807) is 17.8 Å². The quantitative estimate of drug-likeness (QED) is 0.716. The third-order valence-electron chi connectivity index (χ3n) is 3.09. The van der Waals surface area contributed by atoms with Crippen LogP contribution in [0, 0.1) is 0 Å². The average Bonchev–Trinajstić information content (AvgIpc) is 3.11. The van der Waals surface area contributed by atoms with Crippen LogP contribution >= 0.6 is 15.9 Å². The number of amides is 1. The topological polar surface area (TPSA) is 102 Å². The van der Waals surface area contributed by atoms with Crippen molar-refractivity contribution in [1.82, 2.24) is 24.9 Å². The number of carboxylic acid groups (broad SMARTS) is 1. The SMILES string of the molecule is CC(C(=O)NCCCn1cc(Br)cn1)n1cc(C(=O)O)cn1. The molecule has 0 saturated heterocycles. The van der Waals surface area contributed by atoms with Gasteiger partial charge < -0.3 is 10.4 Å². The van der Waals surface area contributed by atoms with Gasteiger partial charge in [0, 0.05) is 25.5 Å². The predicted octanol–water partition coefficient (Wildman–Crippen LogP) is 1.31. The van der Waals surface area contributed by atoms with Gasteiger partial charge in [0.1, 0.15) is 6.04 Å². The van der Waals surface area contributed by atoms with Crippen LogP contribution in [0.4, 0.5) is 0 Å². The van der Waals surface area contributed by atoms with Crippen LogP contribution in [0.2, 0.25) is 0 Å². The highest BCUT2D eigenvalue weighted by Gasteiger charge is 2.17. The highest BCUT2D eigenvalue weighted by molar-refractivity contribution is 9.10. The van der Waals surface area contributed by atoms with Crippen LogP contribution in [0.1, 0.15) is 29.7 Å².